The van der Waals surface area contributed by atoms with Gasteiger partial charge in [0.15, 0.2) is 0 Å². The monoisotopic (exact) mass is 208 g/mol. The van der Waals surface area contributed by atoms with E-state index >= 15 is 0 Å². The van der Waals surface area contributed by atoms with Gasteiger partial charge < -0.3 is 10.2 Å². The highest BCUT2D eigenvalue weighted by atomic mass is 16.3. The van der Waals surface area contributed by atoms with E-state index in [-0.39, 0.29) is 5.91 Å². The van der Waals surface area contributed by atoms with Crippen LogP contribution in [-0.4, -0.2) is 35.0 Å². The molecule has 1 rings (SSSR count). The molecule has 0 unspecified atom stereocenters. The number of carbonyl (C=O) groups is 1. The lowest BCUT2D eigenvalue weighted by Gasteiger charge is -2.00. The summed E-state index contributed by atoms with van der Waals surface area (Å²) in [6.45, 7) is -0.426. The average Bonchev–Trinajstić information content (AvgIpc) is 2.29. The Bertz CT molecular complexity index is 338. The Morgan fingerprint density at radius 3 is 2.73 bits per heavy atom. The Kier molecular flexibility index (Phi) is 4.46. The Morgan fingerprint density at radius 1 is 1.47 bits per heavy atom. The summed E-state index contributed by atoms with van der Waals surface area (Å²) in [4.78, 5) is 11.3. The number of hydrogen-bond donors (Lipinski definition) is 3. The molecule has 1 amide bonds. The van der Waals surface area contributed by atoms with Gasteiger partial charge in [-0.2, -0.15) is 5.10 Å². The van der Waals surface area contributed by atoms with Crippen molar-refractivity contribution in [3.8, 4) is 0 Å². The van der Waals surface area contributed by atoms with Gasteiger partial charge in [-0.25, -0.2) is 5.43 Å². The number of aliphatic hydroxyl groups is 2. The summed E-state index contributed by atoms with van der Waals surface area (Å²) in [6, 6.07) is 8.57. The molecule has 0 fully saturated rings. The maximum atomic E-state index is 11.3. The lowest BCUT2D eigenvalue weighted by Crippen LogP contribution is -2.21. The van der Waals surface area contributed by atoms with E-state index in [0.29, 0.717) is 5.56 Å². The van der Waals surface area contributed by atoms with Gasteiger partial charge in [0.05, 0.1) is 12.8 Å². The van der Waals surface area contributed by atoms with Crippen LogP contribution in [0.5, 0.6) is 0 Å². The quantitative estimate of drug-likeness (QED) is 0.471. The number of hydrogen-bond acceptors (Lipinski definition) is 4. The Hall–Kier alpha value is -1.72. The highest BCUT2D eigenvalue weighted by molar-refractivity contribution is 5.94. The highest BCUT2D eigenvalue weighted by Gasteiger charge is 2.02. The SMILES string of the molecule is O=C(N/N=C/[C@H](O)CO)c1ccccc1. The zero-order chi connectivity index (χ0) is 11.1. The second kappa shape index (κ2) is 5.90. The molecule has 3 N–H and O–H groups in total. The normalized spacial score (nSPS) is 12.7. The Balaban J connectivity index is 2.47. The molecule has 1 atom stereocenters. The smallest absolute Gasteiger partial charge is 0.271 e. The van der Waals surface area contributed by atoms with E-state index < -0.39 is 12.7 Å². The van der Waals surface area contributed by atoms with Gasteiger partial charge in [-0.1, -0.05) is 18.2 Å². The molecule has 0 spiro atoms. The number of benzene rings is 1. The van der Waals surface area contributed by atoms with Gasteiger partial charge in [-0.15, -0.1) is 0 Å². The van der Waals surface area contributed by atoms with Crippen LogP contribution in [0, 0.1) is 0 Å². The number of carbonyl (C=O) groups excluding carboxylic acids is 1. The molecule has 0 bridgehead atoms. The third-order valence-corrected chi connectivity index (χ3v) is 1.64. The minimum absolute atomic E-state index is 0.364. The van der Waals surface area contributed by atoms with E-state index in [1.807, 2.05) is 0 Å². The van der Waals surface area contributed by atoms with Crippen LogP contribution in [0.3, 0.4) is 0 Å². The highest BCUT2D eigenvalue weighted by Crippen LogP contribution is 1.97. The predicted molar refractivity (Wildman–Crippen MR) is 55.5 cm³/mol. The fourth-order valence-electron chi connectivity index (χ4n) is 0.883. The number of rotatable bonds is 4. The first-order valence-electron chi connectivity index (χ1n) is 4.41. The molecule has 0 aliphatic rings. The minimum atomic E-state index is -1.05. The van der Waals surface area contributed by atoms with E-state index in [1.54, 1.807) is 30.3 Å². The summed E-state index contributed by atoms with van der Waals surface area (Å²) in [7, 11) is 0. The standard InChI is InChI=1S/C10H12N2O3/c13-7-9(14)6-11-12-10(15)8-4-2-1-3-5-8/h1-6,9,13-14H,7H2,(H,12,15)/b11-6+/t9-/m0/s1. The van der Waals surface area contributed by atoms with Gasteiger partial charge in [-0.3, -0.25) is 4.79 Å². The second-order valence-electron chi connectivity index (χ2n) is 2.84. The largest absolute Gasteiger partial charge is 0.393 e. The molecule has 0 aromatic heterocycles. The molecule has 0 saturated heterocycles. The van der Waals surface area contributed by atoms with Crippen LogP contribution in [0.4, 0.5) is 0 Å². The lowest BCUT2D eigenvalue weighted by molar-refractivity contribution is 0.0953. The molecule has 0 heterocycles. The van der Waals surface area contributed by atoms with Crippen molar-refractivity contribution in [3.63, 3.8) is 0 Å². The van der Waals surface area contributed by atoms with Crippen molar-refractivity contribution in [2.45, 2.75) is 6.10 Å². The first-order valence-corrected chi connectivity index (χ1v) is 4.41. The maximum absolute atomic E-state index is 11.3. The molecular weight excluding hydrogens is 196 g/mol. The molecule has 80 valence electrons. The summed E-state index contributed by atoms with van der Waals surface area (Å²) in [5.41, 5.74) is 2.70. The Morgan fingerprint density at radius 2 is 2.13 bits per heavy atom. The molecular formula is C10H12N2O3. The van der Waals surface area contributed by atoms with Gasteiger partial charge in [0.1, 0.15) is 6.10 Å². The topological polar surface area (TPSA) is 81.9 Å². The van der Waals surface area contributed by atoms with Crippen molar-refractivity contribution in [1.29, 1.82) is 0 Å². The fraction of sp³-hybridized carbons (Fsp3) is 0.200. The van der Waals surface area contributed by atoms with Gasteiger partial charge in [0, 0.05) is 5.56 Å². The maximum Gasteiger partial charge on any atom is 0.271 e. The number of hydrazone groups is 1. The average molecular weight is 208 g/mol. The number of amides is 1. The molecule has 0 saturated carbocycles. The van der Waals surface area contributed by atoms with Crippen molar-refractivity contribution in [3.05, 3.63) is 35.9 Å². The van der Waals surface area contributed by atoms with Crippen LogP contribution < -0.4 is 5.43 Å². The molecule has 1 aromatic rings. The van der Waals surface area contributed by atoms with Crippen LogP contribution in [0.15, 0.2) is 35.4 Å². The van der Waals surface area contributed by atoms with Gasteiger partial charge >= 0.3 is 0 Å². The molecule has 1 aromatic carbocycles. The summed E-state index contributed by atoms with van der Waals surface area (Å²) in [5, 5.41) is 20.8. The van der Waals surface area contributed by atoms with E-state index in [0.717, 1.165) is 6.21 Å². The van der Waals surface area contributed by atoms with E-state index in [9.17, 15) is 4.79 Å². The summed E-state index contributed by atoms with van der Waals surface area (Å²) in [5.74, 6) is -0.364. The van der Waals surface area contributed by atoms with Crippen molar-refractivity contribution >= 4 is 12.1 Å². The van der Waals surface area contributed by atoms with Crippen molar-refractivity contribution in [1.82, 2.24) is 5.43 Å². The molecule has 0 radical (unpaired) electrons. The van der Waals surface area contributed by atoms with Crippen LogP contribution >= 0.6 is 0 Å². The van der Waals surface area contributed by atoms with Crippen molar-refractivity contribution in [2.75, 3.05) is 6.61 Å². The number of aliphatic hydroxyl groups excluding tert-OH is 2. The minimum Gasteiger partial charge on any atom is -0.393 e. The van der Waals surface area contributed by atoms with E-state index in [4.69, 9.17) is 10.2 Å². The molecule has 5 nitrogen and oxygen atoms in total. The van der Waals surface area contributed by atoms with Crippen LogP contribution in [0.1, 0.15) is 10.4 Å². The van der Waals surface area contributed by atoms with E-state index in [1.165, 1.54) is 0 Å². The molecule has 5 heteroatoms. The molecule has 15 heavy (non-hydrogen) atoms. The molecule has 0 aliphatic heterocycles. The van der Waals surface area contributed by atoms with Crippen LogP contribution in [0.2, 0.25) is 0 Å². The Labute approximate surface area is 87.1 Å². The summed E-state index contributed by atoms with van der Waals surface area (Å²) < 4.78 is 0. The zero-order valence-corrected chi connectivity index (χ0v) is 8.00. The second-order valence-corrected chi connectivity index (χ2v) is 2.84. The third kappa shape index (κ3) is 3.88. The first kappa shape index (κ1) is 11.4. The third-order valence-electron chi connectivity index (χ3n) is 1.64. The predicted octanol–water partition coefficient (Wildman–Crippen LogP) is -0.245. The zero-order valence-electron chi connectivity index (χ0n) is 8.00. The van der Waals surface area contributed by atoms with Crippen LogP contribution in [0.25, 0.3) is 0 Å². The van der Waals surface area contributed by atoms with E-state index in [2.05, 4.69) is 10.5 Å². The number of nitrogens with zero attached hydrogens (tertiary/aromatic N) is 1. The number of nitrogens with one attached hydrogen (secondary N) is 1. The van der Waals surface area contributed by atoms with Gasteiger partial charge in [0.2, 0.25) is 0 Å². The summed E-state index contributed by atoms with van der Waals surface area (Å²) >= 11 is 0. The van der Waals surface area contributed by atoms with Crippen molar-refractivity contribution in [2.24, 2.45) is 5.10 Å². The fourth-order valence-corrected chi connectivity index (χ4v) is 0.883. The summed E-state index contributed by atoms with van der Waals surface area (Å²) in [6.07, 6.45) is 0.00183. The molecule has 0 aliphatic carbocycles. The van der Waals surface area contributed by atoms with Gasteiger partial charge in [-0.05, 0) is 12.1 Å². The lowest BCUT2D eigenvalue weighted by atomic mass is 10.2. The first-order chi connectivity index (χ1) is 7.24. The van der Waals surface area contributed by atoms with Crippen molar-refractivity contribution < 1.29 is 15.0 Å². The van der Waals surface area contributed by atoms with Gasteiger partial charge in [0.25, 0.3) is 5.91 Å². The van der Waals surface area contributed by atoms with Crippen LogP contribution in [-0.2, 0) is 0 Å².